The minimum Gasteiger partial charge on any atom is -0.460 e. The highest BCUT2D eigenvalue weighted by Gasteiger charge is 2.23. The highest BCUT2D eigenvalue weighted by atomic mass is 31.2. The molecule has 1 N–H and O–H groups in total. The summed E-state index contributed by atoms with van der Waals surface area (Å²) < 4.78 is 25.6. The topological polar surface area (TPSA) is 82.1 Å². The third kappa shape index (κ3) is 8.32. The molecule has 2 atom stereocenters. The monoisotopic (exact) mass is 268 g/mol. The van der Waals surface area contributed by atoms with E-state index in [4.69, 9.17) is 9.26 Å². The molecule has 0 radical (unpaired) electrons. The van der Waals surface area contributed by atoms with Gasteiger partial charge in [0.25, 0.3) is 0 Å². The smallest absolute Gasteiger partial charge is 0.460 e. The molecule has 0 aromatic carbocycles. The van der Waals surface area contributed by atoms with Crippen molar-refractivity contribution >= 4 is 13.8 Å². The Morgan fingerprint density at radius 3 is 2.41 bits per heavy atom. The van der Waals surface area contributed by atoms with Crippen LogP contribution in [0.1, 0.15) is 40.0 Å². The van der Waals surface area contributed by atoms with Gasteiger partial charge in [0, 0.05) is 6.42 Å². The van der Waals surface area contributed by atoms with Crippen molar-refractivity contribution in [3.05, 3.63) is 0 Å². The van der Waals surface area contributed by atoms with E-state index in [-0.39, 0.29) is 25.6 Å². The first-order chi connectivity index (χ1) is 7.95. The molecular weight excluding hydrogens is 247 g/mol. The Morgan fingerprint density at radius 2 is 1.94 bits per heavy atom. The maximum absolute atomic E-state index is 11.2. The number of hydrogen-bond acceptors (Lipinski definition) is 5. The van der Waals surface area contributed by atoms with Crippen molar-refractivity contribution in [3.63, 3.8) is 0 Å². The predicted octanol–water partition coefficient (Wildman–Crippen LogP) is 2.26. The first kappa shape index (κ1) is 16.6. The van der Waals surface area contributed by atoms with E-state index in [1.54, 1.807) is 13.8 Å². The lowest BCUT2D eigenvalue weighted by atomic mass is 10.2. The standard InChI is InChI=1S/C10H21O6P/c1-4-7-9(16-10(11)5-2)8-15-17(12,13)14-6-3/h9H,4-8H2,1-3H3,(H,12,13). The summed E-state index contributed by atoms with van der Waals surface area (Å²) >= 11 is 0. The summed E-state index contributed by atoms with van der Waals surface area (Å²) in [6.07, 6.45) is 1.13. The van der Waals surface area contributed by atoms with Crippen LogP contribution in [0.2, 0.25) is 0 Å². The Kier molecular flexibility index (Phi) is 8.43. The molecule has 0 amide bonds. The van der Waals surface area contributed by atoms with E-state index in [1.807, 2.05) is 6.92 Å². The van der Waals surface area contributed by atoms with Gasteiger partial charge in [0.15, 0.2) is 0 Å². The Balaban J connectivity index is 4.16. The van der Waals surface area contributed by atoms with Gasteiger partial charge in [-0.1, -0.05) is 20.3 Å². The number of carbonyl (C=O) groups excluding carboxylic acids is 1. The minimum absolute atomic E-state index is 0.0843. The predicted molar refractivity (Wildman–Crippen MR) is 62.5 cm³/mol. The quantitative estimate of drug-likeness (QED) is 0.510. The summed E-state index contributed by atoms with van der Waals surface area (Å²) in [5, 5.41) is 0. The van der Waals surface area contributed by atoms with Gasteiger partial charge in [-0.3, -0.25) is 13.8 Å². The van der Waals surface area contributed by atoms with E-state index in [1.165, 1.54) is 0 Å². The van der Waals surface area contributed by atoms with Gasteiger partial charge < -0.3 is 9.63 Å². The van der Waals surface area contributed by atoms with Crippen molar-refractivity contribution in [3.8, 4) is 0 Å². The molecule has 0 saturated heterocycles. The minimum atomic E-state index is -4.01. The van der Waals surface area contributed by atoms with Gasteiger partial charge in [0.2, 0.25) is 0 Å². The molecule has 2 unspecified atom stereocenters. The molecule has 7 heteroatoms. The van der Waals surface area contributed by atoms with Crippen LogP contribution in [-0.4, -0.2) is 30.2 Å². The number of phosphoric acid groups is 1. The number of rotatable bonds is 9. The van der Waals surface area contributed by atoms with E-state index in [0.717, 1.165) is 6.42 Å². The SMILES string of the molecule is CCCC(COP(=O)(O)OCC)OC(=O)CC. The van der Waals surface area contributed by atoms with Gasteiger partial charge >= 0.3 is 13.8 Å². The second-order valence-corrected chi connectivity index (χ2v) is 4.89. The first-order valence-electron chi connectivity index (χ1n) is 5.76. The Hall–Kier alpha value is -0.420. The van der Waals surface area contributed by atoms with Gasteiger partial charge in [-0.15, -0.1) is 0 Å². The largest absolute Gasteiger partial charge is 0.472 e. The van der Waals surface area contributed by atoms with Crippen molar-refractivity contribution in [2.45, 2.75) is 46.1 Å². The summed E-state index contributed by atoms with van der Waals surface area (Å²) in [4.78, 5) is 20.3. The number of hydrogen-bond donors (Lipinski definition) is 1. The molecule has 0 spiro atoms. The molecule has 102 valence electrons. The van der Waals surface area contributed by atoms with E-state index in [9.17, 15) is 14.3 Å². The van der Waals surface area contributed by atoms with Crippen LogP contribution in [0.15, 0.2) is 0 Å². The van der Waals surface area contributed by atoms with Crippen LogP contribution in [-0.2, 0) is 23.1 Å². The number of phosphoric ester groups is 1. The van der Waals surface area contributed by atoms with Crippen LogP contribution in [0, 0.1) is 0 Å². The van der Waals surface area contributed by atoms with E-state index in [2.05, 4.69) is 4.52 Å². The zero-order chi connectivity index (χ0) is 13.3. The zero-order valence-electron chi connectivity index (χ0n) is 10.5. The van der Waals surface area contributed by atoms with Crippen LogP contribution >= 0.6 is 7.82 Å². The molecule has 0 aliphatic rings. The maximum atomic E-state index is 11.2. The molecule has 0 aromatic heterocycles. The Morgan fingerprint density at radius 1 is 1.29 bits per heavy atom. The van der Waals surface area contributed by atoms with Crippen LogP contribution in [0.3, 0.4) is 0 Å². The average molecular weight is 268 g/mol. The molecule has 0 fully saturated rings. The van der Waals surface area contributed by atoms with Crippen molar-refractivity contribution < 1.29 is 28.0 Å². The Labute approximate surface area is 102 Å². The molecule has 0 aliphatic carbocycles. The molecule has 0 bridgehead atoms. The van der Waals surface area contributed by atoms with Gasteiger partial charge in [0.05, 0.1) is 13.2 Å². The van der Waals surface area contributed by atoms with Crippen LogP contribution in [0.5, 0.6) is 0 Å². The summed E-state index contributed by atoms with van der Waals surface area (Å²) in [6.45, 7) is 5.15. The molecule has 6 nitrogen and oxygen atoms in total. The van der Waals surface area contributed by atoms with Crippen LogP contribution in [0.25, 0.3) is 0 Å². The van der Waals surface area contributed by atoms with Gasteiger partial charge in [-0.2, -0.15) is 0 Å². The number of esters is 1. The van der Waals surface area contributed by atoms with Gasteiger partial charge in [0.1, 0.15) is 6.10 Å². The molecule has 0 aliphatic heterocycles. The first-order valence-corrected chi connectivity index (χ1v) is 7.26. The third-order valence-corrected chi connectivity index (χ3v) is 2.97. The molecular formula is C10H21O6P. The number of carbonyl (C=O) groups is 1. The van der Waals surface area contributed by atoms with Crippen molar-refractivity contribution in [2.24, 2.45) is 0 Å². The zero-order valence-corrected chi connectivity index (χ0v) is 11.4. The maximum Gasteiger partial charge on any atom is 0.472 e. The van der Waals surface area contributed by atoms with Crippen molar-refractivity contribution in [1.29, 1.82) is 0 Å². The van der Waals surface area contributed by atoms with Gasteiger partial charge in [-0.05, 0) is 13.3 Å². The average Bonchev–Trinajstić information content (AvgIpc) is 2.26. The summed E-state index contributed by atoms with van der Waals surface area (Å²) in [5.41, 5.74) is 0. The van der Waals surface area contributed by atoms with Crippen molar-refractivity contribution in [1.82, 2.24) is 0 Å². The highest BCUT2D eigenvalue weighted by molar-refractivity contribution is 7.47. The Bertz CT molecular complexity index is 268. The molecule has 17 heavy (non-hydrogen) atoms. The van der Waals surface area contributed by atoms with Crippen molar-refractivity contribution in [2.75, 3.05) is 13.2 Å². The fraction of sp³-hybridized carbons (Fsp3) is 0.900. The molecule has 0 heterocycles. The highest BCUT2D eigenvalue weighted by Crippen LogP contribution is 2.43. The second-order valence-electron chi connectivity index (χ2n) is 3.44. The summed E-state index contributed by atoms with van der Waals surface area (Å²) in [6, 6.07) is 0. The van der Waals surface area contributed by atoms with E-state index >= 15 is 0 Å². The number of ether oxygens (including phenoxy) is 1. The third-order valence-electron chi connectivity index (χ3n) is 1.91. The molecule has 0 rings (SSSR count). The molecule has 0 saturated carbocycles. The van der Waals surface area contributed by atoms with Crippen LogP contribution in [0.4, 0.5) is 0 Å². The lowest BCUT2D eigenvalue weighted by molar-refractivity contribution is -0.150. The van der Waals surface area contributed by atoms with Crippen LogP contribution < -0.4 is 0 Å². The summed E-state index contributed by atoms with van der Waals surface area (Å²) in [7, 11) is -4.01. The fourth-order valence-electron chi connectivity index (χ4n) is 1.15. The lowest BCUT2D eigenvalue weighted by Crippen LogP contribution is -2.22. The normalized spacial score (nSPS) is 16.2. The van der Waals surface area contributed by atoms with E-state index in [0.29, 0.717) is 6.42 Å². The summed E-state index contributed by atoms with van der Waals surface area (Å²) in [5.74, 6) is -0.351. The lowest BCUT2D eigenvalue weighted by Gasteiger charge is -2.18. The van der Waals surface area contributed by atoms with E-state index < -0.39 is 13.9 Å². The van der Waals surface area contributed by atoms with Gasteiger partial charge in [-0.25, -0.2) is 4.57 Å². The second kappa shape index (κ2) is 8.64. The fourth-order valence-corrected chi connectivity index (χ4v) is 1.90. The molecule has 0 aromatic rings.